The lowest BCUT2D eigenvalue weighted by atomic mass is 10.1. The Hall–Kier alpha value is -1.42. The number of rotatable bonds is 5. The van der Waals surface area contributed by atoms with Crippen LogP contribution in [0.2, 0.25) is 0 Å². The van der Waals surface area contributed by atoms with Gasteiger partial charge in [0.05, 0.1) is 5.92 Å². The standard InChI is InChI=1S/C12H15Br2N3O5/c13-8-9(14)12(22)17-5-6(4-16-11(8)21)10(20)15-3-1-2-7(18)19/h6H,1-5H2,(H,15,20)(H,16,21)(H,17,22)(H,18,19)/b9-8-. The third kappa shape index (κ3) is 5.76. The molecule has 0 saturated carbocycles. The zero-order valence-electron chi connectivity index (χ0n) is 11.4. The molecule has 4 N–H and O–H groups in total. The fraction of sp³-hybridized carbons (Fsp3) is 0.500. The number of hydrogen-bond donors (Lipinski definition) is 4. The molecule has 1 aliphatic heterocycles. The highest BCUT2D eigenvalue weighted by molar-refractivity contribution is 9.14. The van der Waals surface area contributed by atoms with Gasteiger partial charge in [-0.25, -0.2) is 0 Å². The molecule has 1 rings (SSSR count). The molecule has 0 fully saturated rings. The molecule has 0 bridgehead atoms. The topological polar surface area (TPSA) is 125 Å². The van der Waals surface area contributed by atoms with Gasteiger partial charge < -0.3 is 21.1 Å². The molecule has 0 unspecified atom stereocenters. The van der Waals surface area contributed by atoms with E-state index in [4.69, 9.17) is 5.11 Å². The van der Waals surface area contributed by atoms with Crippen LogP contribution in [0.5, 0.6) is 0 Å². The van der Waals surface area contributed by atoms with Gasteiger partial charge >= 0.3 is 5.97 Å². The molecule has 0 atom stereocenters. The Morgan fingerprint density at radius 2 is 1.64 bits per heavy atom. The first-order valence-corrected chi connectivity index (χ1v) is 8.02. The quantitative estimate of drug-likeness (QED) is 0.442. The van der Waals surface area contributed by atoms with Crippen LogP contribution >= 0.6 is 31.9 Å². The van der Waals surface area contributed by atoms with Crippen molar-refractivity contribution in [1.82, 2.24) is 16.0 Å². The summed E-state index contributed by atoms with van der Waals surface area (Å²) in [6.45, 7) is 0.327. The molecule has 0 aromatic rings. The first-order chi connectivity index (χ1) is 10.3. The van der Waals surface area contributed by atoms with Gasteiger partial charge in [0, 0.05) is 26.1 Å². The highest BCUT2D eigenvalue weighted by Crippen LogP contribution is 2.19. The number of amides is 3. The molecule has 8 nitrogen and oxygen atoms in total. The predicted octanol–water partition coefficient (Wildman–Crippen LogP) is -0.169. The lowest BCUT2D eigenvalue weighted by Gasteiger charge is -2.16. The molecule has 0 saturated heterocycles. The van der Waals surface area contributed by atoms with E-state index in [1.54, 1.807) is 0 Å². The molecule has 0 aromatic heterocycles. The van der Waals surface area contributed by atoms with Gasteiger partial charge in [-0.15, -0.1) is 0 Å². The molecule has 3 amide bonds. The minimum absolute atomic E-state index is 0.0395. The largest absolute Gasteiger partial charge is 0.481 e. The maximum atomic E-state index is 12.0. The van der Waals surface area contributed by atoms with Crippen LogP contribution in [0.1, 0.15) is 12.8 Å². The second-order valence-electron chi connectivity index (χ2n) is 4.53. The van der Waals surface area contributed by atoms with Gasteiger partial charge in [-0.2, -0.15) is 0 Å². The van der Waals surface area contributed by atoms with Gasteiger partial charge in [-0.05, 0) is 38.3 Å². The Bertz CT molecular complexity index is 493. The number of carboxylic acid groups (broad SMARTS) is 1. The Labute approximate surface area is 143 Å². The van der Waals surface area contributed by atoms with E-state index in [1.807, 2.05) is 0 Å². The lowest BCUT2D eigenvalue weighted by Crippen LogP contribution is -2.44. The van der Waals surface area contributed by atoms with Crippen LogP contribution in [-0.2, 0) is 19.2 Å². The third-order valence-corrected chi connectivity index (χ3v) is 4.89. The van der Waals surface area contributed by atoms with Crippen LogP contribution in [0.3, 0.4) is 0 Å². The molecule has 0 spiro atoms. The van der Waals surface area contributed by atoms with Gasteiger partial charge in [0.15, 0.2) is 0 Å². The summed E-state index contributed by atoms with van der Waals surface area (Å²) in [5.41, 5.74) is 0. The molecule has 0 aromatic carbocycles. The first-order valence-electron chi connectivity index (χ1n) is 6.44. The Kier molecular flexibility index (Phi) is 7.52. The zero-order chi connectivity index (χ0) is 16.7. The minimum atomic E-state index is -0.933. The maximum Gasteiger partial charge on any atom is 0.303 e. The Morgan fingerprint density at radius 1 is 1.14 bits per heavy atom. The first kappa shape index (κ1) is 18.6. The van der Waals surface area contributed by atoms with Crippen molar-refractivity contribution < 1.29 is 24.3 Å². The molecule has 22 heavy (non-hydrogen) atoms. The summed E-state index contributed by atoms with van der Waals surface area (Å²) >= 11 is 6.01. The van der Waals surface area contributed by atoms with Crippen molar-refractivity contribution in [3.05, 3.63) is 8.96 Å². The Morgan fingerprint density at radius 3 is 2.09 bits per heavy atom. The fourth-order valence-electron chi connectivity index (χ4n) is 1.64. The minimum Gasteiger partial charge on any atom is -0.481 e. The van der Waals surface area contributed by atoms with Gasteiger partial charge in [-0.3, -0.25) is 19.2 Å². The van der Waals surface area contributed by atoms with Gasteiger partial charge in [0.2, 0.25) is 5.91 Å². The number of carboxylic acids is 1. The zero-order valence-corrected chi connectivity index (χ0v) is 14.6. The van der Waals surface area contributed by atoms with E-state index < -0.39 is 23.7 Å². The van der Waals surface area contributed by atoms with E-state index in [9.17, 15) is 19.2 Å². The SMILES string of the molecule is O=C(O)CCCNC(=O)C1CNC(=O)/C(Br)=C(/Br)C(=O)NC1. The van der Waals surface area contributed by atoms with Crippen molar-refractivity contribution in [2.24, 2.45) is 5.92 Å². The number of hydrogen-bond acceptors (Lipinski definition) is 4. The van der Waals surface area contributed by atoms with E-state index in [0.717, 1.165) is 0 Å². The number of nitrogens with one attached hydrogen (secondary N) is 3. The summed E-state index contributed by atoms with van der Waals surface area (Å²) in [6, 6.07) is 0. The van der Waals surface area contributed by atoms with Crippen LogP contribution in [-0.4, -0.2) is 48.4 Å². The van der Waals surface area contributed by atoms with E-state index in [0.29, 0.717) is 6.42 Å². The van der Waals surface area contributed by atoms with E-state index in [2.05, 4.69) is 47.8 Å². The second-order valence-corrected chi connectivity index (χ2v) is 6.12. The number of aliphatic carboxylic acids is 1. The van der Waals surface area contributed by atoms with Gasteiger partial charge in [0.25, 0.3) is 11.8 Å². The molecule has 1 aliphatic rings. The molecule has 10 heteroatoms. The number of halogens is 2. The van der Waals surface area contributed by atoms with Crippen molar-refractivity contribution in [3.63, 3.8) is 0 Å². The van der Waals surface area contributed by atoms with E-state index in [1.165, 1.54) is 0 Å². The average molecular weight is 441 g/mol. The van der Waals surface area contributed by atoms with Crippen molar-refractivity contribution in [1.29, 1.82) is 0 Å². The third-order valence-electron chi connectivity index (χ3n) is 2.85. The molecule has 0 radical (unpaired) electrons. The Balaban J connectivity index is 2.58. The van der Waals surface area contributed by atoms with E-state index >= 15 is 0 Å². The normalized spacial score (nSPS) is 20.3. The van der Waals surface area contributed by atoms with Crippen molar-refractivity contribution in [3.8, 4) is 0 Å². The highest BCUT2D eigenvalue weighted by Gasteiger charge is 2.25. The monoisotopic (exact) mass is 439 g/mol. The van der Waals surface area contributed by atoms with Crippen molar-refractivity contribution in [2.45, 2.75) is 12.8 Å². The summed E-state index contributed by atoms with van der Waals surface area (Å²) in [5, 5.41) is 16.2. The number of carbonyl (C=O) groups is 4. The van der Waals surface area contributed by atoms with Gasteiger partial charge in [-0.1, -0.05) is 0 Å². The number of carbonyl (C=O) groups excluding carboxylic acids is 3. The molecular weight excluding hydrogens is 426 g/mol. The van der Waals surface area contributed by atoms with Crippen molar-refractivity contribution >= 4 is 55.6 Å². The summed E-state index contributed by atoms with van der Waals surface area (Å²) in [7, 11) is 0. The predicted molar refractivity (Wildman–Crippen MR) is 84.3 cm³/mol. The van der Waals surface area contributed by atoms with E-state index in [-0.39, 0.29) is 40.9 Å². The van der Waals surface area contributed by atoms with Crippen LogP contribution in [0, 0.1) is 5.92 Å². The second kappa shape index (κ2) is 8.89. The van der Waals surface area contributed by atoms with Crippen LogP contribution in [0.4, 0.5) is 0 Å². The highest BCUT2D eigenvalue weighted by atomic mass is 79.9. The summed E-state index contributed by atoms with van der Waals surface area (Å²) in [4.78, 5) is 45.9. The van der Waals surface area contributed by atoms with Crippen LogP contribution < -0.4 is 16.0 Å². The molecular formula is C12H15Br2N3O5. The van der Waals surface area contributed by atoms with Gasteiger partial charge in [0.1, 0.15) is 8.96 Å². The molecule has 0 aliphatic carbocycles. The lowest BCUT2D eigenvalue weighted by molar-refractivity contribution is -0.137. The molecule has 122 valence electrons. The molecule has 1 heterocycles. The van der Waals surface area contributed by atoms with Crippen molar-refractivity contribution in [2.75, 3.05) is 19.6 Å². The maximum absolute atomic E-state index is 12.0. The van der Waals surface area contributed by atoms with Crippen LogP contribution in [0.25, 0.3) is 0 Å². The summed E-state index contributed by atoms with van der Waals surface area (Å²) in [6.07, 6.45) is 0.271. The average Bonchev–Trinajstić information content (AvgIpc) is 2.52. The summed E-state index contributed by atoms with van der Waals surface area (Å²) in [5.74, 6) is -2.95. The summed E-state index contributed by atoms with van der Waals surface area (Å²) < 4.78 is 0.0973. The van der Waals surface area contributed by atoms with Crippen LogP contribution in [0.15, 0.2) is 8.96 Å². The smallest absolute Gasteiger partial charge is 0.303 e. The fourth-order valence-corrected chi connectivity index (χ4v) is 2.28.